The Balaban J connectivity index is 1.80. The van der Waals surface area contributed by atoms with Gasteiger partial charge in [-0.15, -0.1) is 0 Å². The summed E-state index contributed by atoms with van der Waals surface area (Å²) in [5, 5.41) is 3.18. The van der Waals surface area contributed by atoms with Crippen molar-refractivity contribution in [1.29, 1.82) is 0 Å². The number of nitrogens with one attached hydrogen (secondary N) is 1. The molecule has 0 fully saturated rings. The Labute approximate surface area is 154 Å². The van der Waals surface area contributed by atoms with Gasteiger partial charge in [-0.1, -0.05) is 6.07 Å². The molecule has 26 heavy (non-hydrogen) atoms. The first kappa shape index (κ1) is 18.2. The number of aromatic nitrogens is 4. The average Bonchev–Trinajstić information content (AvgIpc) is 3.01. The van der Waals surface area contributed by atoms with Gasteiger partial charge in [-0.2, -0.15) is 0 Å². The van der Waals surface area contributed by atoms with E-state index in [1.807, 2.05) is 0 Å². The number of hydrogen-bond acceptors (Lipinski definition) is 5. The number of nitrogens with two attached hydrogens (primary N) is 1. The first-order valence-corrected chi connectivity index (χ1v) is 8.22. The van der Waals surface area contributed by atoms with Crippen molar-refractivity contribution in [3.8, 4) is 11.4 Å². The number of aryl methyl sites for hydroxylation is 1. The molecule has 0 radical (unpaired) electrons. The maximum Gasteiger partial charge on any atom is 0.224 e. The summed E-state index contributed by atoms with van der Waals surface area (Å²) < 4.78 is 28.9. The number of anilines is 1. The van der Waals surface area contributed by atoms with Gasteiger partial charge in [-0.25, -0.2) is 23.7 Å². The molecule has 0 bridgehead atoms. The Kier molecular flexibility index (Phi) is 5.43. The molecule has 3 rings (SSSR count). The number of imidazole rings is 1. The van der Waals surface area contributed by atoms with Crippen LogP contribution >= 0.6 is 11.6 Å². The predicted molar refractivity (Wildman–Crippen MR) is 95.7 cm³/mol. The summed E-state index contributed by atoms with van der Waals surface area (Å²) >= 11 is 5.80. The fourth-order valence-electron chi connectivity index (χ4n) is 2.57. The van der Waals surface area contributed by atoms with E-state index in [2.05, 4.69) is 20.3 Å². The summed E-state index contributed by atoms with van der Waals surface area (Å²) in [6.45, 7) is -0.112. The van der Waals surface area contributed by atoms with Crippen LogP contribution in [0.2, 0.25) is 5.28 Å². The number of benzene rings is 1. The highest BCUT2D eigenvalue weighted by Gasteiger charge is 2.13. The Hall–Kier alpha value is -2.58. The van der Waals surface area contributed by atoms with Crippen LogP contribution in [0.25, 0.3) is 11.4 Å². The van der Waals surface area contributed by atoms with Crippen LogP contribution in [0.15, 0.2) is 30.6 Å². The van der Waals surface area contributed by atoms with Gasteiger partial charge in [0.1, 0.15) is 24.1 Å². The molecule has 0 aliphatic rings. The lowest BCUT2D eigenvalue weighted by molar-refractivity contribution is 0.477. The predicted octanol–water partition coefficient (Wildman–Crippen LogP) is 3.21. The van der Waals surface area contributed by atoms with Crippen molar-refractivity contribution >= 4 is 17.4 Å². The molecular weight excluding hydrogens is 362 g/mol. The van der Waals surface area contributed by atoms with Crippen molar-refractivity contribution in [3.63, 3.8) is 0 Å². The molecule has 0 atom stereocenters. The van der Waals surface area contributed by atoms with Crippen LogP contribution in [0, 0.1) is 5.82 Å². The molecule has 136 valence electrons. The summed E-state index contributed by atoms with van der Waals surface area (Å²) in [6, 6.07) is 4.78. The third-order valence-electron chi connectivity index (χ3n) is 3.85. The lowest BCUT2D eigenvalue weighted by Gasteiger charge is -2.11. The zero-order valence-corrected chi connectivity index (χ0v) is 14.8. The Morgan fingerprint density at radius 3 is 2.77 bits per heavy atom. The minimum absolute atomic E-state index is 0.102. The molecule has 2 aromatic heterocycles. The van der Waals surface area contributed by atoms with E-state index < -0.39 is 12.5 Å². The second-order valence-corrected chi connectivity index (χ2v) is 6.02. The fourth-order valence-corrected chi connectivity index (χ4v) is 2.70. The molecule has 0 aliphatic heterocycles. The fraction of sp³-hybridized carbons (Fsp3) is 0.235. The molecule has 0 amide bonds. The van der Waals surface area contributed by atoms with Crippen molar-refractivity contribution in [1.82, 2.24) is 19.5 Å². The van der Waals surface area contributed by atoms with Gasteiger partial charge in [-0.05, 0) is 29.3 Å². The Bertz CT molecular complexity index is 928. The van der Waals surface area contributed by atoms with Gasteiger partial charge in [0.25, 0.3) is 0 Å². The highest BCUT2D eigenvalue weighted by Crippen LogP contribution is 2.24. The highest BCUT2D eigenvalue weighted by molar-refractivity contribution is 6.28. The van der Waals surface area contributed by atoms with Gasteiger partial charge in [-0.3, -0.25) is 0 Å². The van der Waals surface area contributed by atoms with Gasteiger partial charge in [0.05, 0.1) is 11.3 Å². The molecule has 0 spiro atoms. The van der Waals surface area contributed by atoms with E-state index in [9.17, 15) is 8.78 Å². The van der Waals surface area contributed by atoms with E-state index >= 15 is 0 Å². The van der Waals surface area contributed by atoms with E-state index in [1.165, 1.54) is 12.3 Å². The van der Waals surface area contributed by atoms with E-state index in [0.717, 1.165) is 0 Å². The SMILES string of the molecule is Cn1cc(CF)nc1-c1ccc(CNc2nc(Cl)ncc2CN)cc1F. The normalized spacial score (nSPS) is 11.0. The maximum absolute atomic E-state index is 14.5. The van der Waals surface area contributed by atoms with Gasteiger partial charge in [0.2, 0.25) is 5.28 Å². The van der Waals surface area contributed by atoms with Crippen LogP contribution in [0.5, 0.6) is 0 Å². The van der Waals surface area contributed by atoms with Crippen molar-refractivity contribution in [2.45, 2.75) is 19.8 Å². The Morgan fingerprint density at radius 1 is 1.31 bits per heavy atom. The van der Waals surface area contributed by atoms with Crippen LogP contribution in [-0.4, -0.2) is 19.5 Å². The van der Waals surface area contributed by atoms with E-state index in [-0.39, 0.29) is 17.5 Å². The van der Waals surface area contributed by atoms with Crippen molar-refractivity contribution < 1.29 is 8.78 Å². The van der Waals surface area contributed by atoms with Gasteiger partial charge < -0.3 is 15.6 Å². The molecule has 2 heterocycles. The third kappa shape index (κ3) is 3.81. The zero-order valence-electron chi connectivity index (χ0n) is 14.0. The number of hydrogen-bond donors (Lipinski definition) is 2. The van der Waals surface area contributed by atoms with Crippen LogP contribution < -0.4 is 11.1 Å². The highest BCUT2D eigenvalue weighted by atomic mass is 35.5. The summed E-state index contributed by atoms with van der Waals surface area (Å²) in [5.41, 5.74) is 7.63. The molecule has 0 unspecified atom stereocenters. The average molecular weight is 379 g/mol. The van der Waals surface area contributed by atoms with Crippen LogP contribution in [0.3, 0.4) is 0 Å². The minimum atomic E-state index is -0.692. The molecule has 9 heteroatoms. The molecule has 0 saturated carbocycles. The van der Waals surface area contributed by atoms with E-state index in [1.54, 1.807) is 29.9 Å². The third-order valence-corrected chi connectivity index (χ3v) is 4.03. The molecule has 6 nitrogen and oxygen atoms in total. The van der Waals surface area contributed by atoms with Crippen LogP contribution in [0.4, 0.5) is 14.6 Å². The number of nitrogens with zero attached hydrogens (tertiary/aromatic N) is 4. The van der Waals surface area contributed by atoms with E-state index in [0.29, 0.717) is 34.9 Å². The summed E-state index contributed by atoms with van der Waals surface area (Å²) in [7, 11) is 1.70. The summed E-state index contributed by atoms with van der Waals surface area (Å²) in [4.78, 5) is 12.1. The second kappa shape index (κ2) is 7.76. The van der Waals surface area contributed by atoms with Crippen molar-refractivity contribution in [3.05, 3.63) is 58.5 Å². The number of alkyl halides is 1. The first-order valence-electron chi connectivity index (χ1n) is 7.84. The first-order chi connectivity index (χ1) is 12.5. The molecule has 1 aromatic carbocycles. The largest absolute Gasteiger partial charge is 0.366 e. The van der Waals surface area contributed by atoms with Crippen molar-refractivity contribution in [2.75, 3.05) is 5.32 Å². The maximum atomic E-state index is 14.5. The molecule has 0 saturated heterocycles. The topological polar surface area (TPSA) is 81.7 Å². The zero-order chi connectivity index (χ0) is 18.7. The number of halogens is 3. The van der Waals surface area contributed by atoms with Crippen molar-refractivity contribution in [2.24, 2.45) is 12.8 Å². The smallest absolute Gasteiger partial charge is 0.224 e. The molecule has 3 aromatic rings. The molecule has 3 N–H and O–H groups in total. The van der Waals surface area contributed by atoms with Gasteiger partial charge in [0, 0.05) is 38.1 Å². The lowest BCUT2D eigenvalue weighted by atomic mass is 10.1. The van der Waals surface area contributed by atoms with Gasteiger partial charge in [0.15, 0.2) is 0 Å². The summed E-state index contributed by atoms with van der Waals surface area (Å²) in [5.74, 6) is 0.444. The monoisotopic (exact) mass is 378 g/mol. The van der Waals surface area contributed by atoms with Crippen LogP contribution in [0.1, 0.15) is 16.8 Å². The minimum Gasteiger partial charge on any atom is -0.366 e. The number of rotatable bonds is 6. The van der Waals surface area contributed by atoms with Crippen LogP contribution in [-0.2, 0) is 26.8 Å². The van der Waals surface area contributed by atoms with E-state index in [4.69, 9.17) is 17.3 Å². The van der Waals surface area contributed by atoms with Gasteiger partial charge >= 0.3 is 0 Å². The Morgan fingerprint density at radius 2 is 2.12 bits per heavy atom. The molecule has 0 aliphatic carbocycles. The standard InChI is InChI=1S/C17H17ClF2N6/c1-26-9-12(5-19)24-16(26)13-3-2-10(4-14(13)20)7-22-15-11(6-21)8-23-17(18)25-15/h2-4,8-9H,5-7,21H2,1H3,(H,22,23,25). The quantitative estimate of drug-likeness (QED) is 0.644. The summed E-state index contributed by atoms with van der Waals surface area (Å²) in [6.07, 6.45) is 3.09. The second-order valence-electron chi connectivity index (χ2n) is 5.69. The molecular formula is C17H17ClF2N6. The lowest BCUT2D eigenvalue weighted by Crippen LogP contribution is -2.09.